The van der Waals surface area contributed by atoms with Crippen molar-refractivity contribution in [2.24, 2.45) is 0 Å². The van der Waals surface area contributed by atoms with Gasteiger partial charge < -0.3 is 4.90 Å². The number of benzene rings is 3. The topological polar surface area (TPSA) is 84.7 Å². The normalized spacial score (nSPS) is 16.6. The first kappa shape index (κ1) is 23.4. The number of rotatable bonds is 4. The van der Waals surface area contributed by atoms with E-state index in [9.17, 15) is 24.0 Å². The minimum atomic E-state index is -0.529. The molecule has 0 saturated carbocycles. The van der Waals surface area contributed by atoms with Gasteiger partial charge in [0.05, 0.1) is 22.9 Å². The SMILES string of the molecule is Cc1ccccc1N1C(=O)c2ccc(C(=O)N3CCN([C@@H](C#N)c4ccc(F)cc4)CC3)cc2C1=O. The van der Waals surface area contributed by atoms with Crippen LogP contribution >= 0.6 is 0 Å². The van der Waals surface area contributed by atoms with Gasteiger partial charge in [-0.3, -0.25) is 19.3 Å². The molecular formula is C28H23FN4O3. The first-order valence-corrected chi connectivity index (χ1v) is 11.7. The van der Waals surface area contributed by atoms with Crippen molar-refractivity contribution in [3.8, 4) is 6.07 Å². The van der Waals surface area contributed by atoms with Crippen molar-refractivity contribution < 1.29 is 18.8 Å². The van der Waals surface area contributed by atoms with Crippen molar-refractivity contribution in [1.29, 1.82) is 5.26 Å². The van der Waals surface area contributed by atoms with E-state index in [-0.39, 0.29) is 22.9 Å². The lowest BCUT2D eigenvalue weighted by Crippen LogP contribution is -2.49. The van der Waals surface area contributed by atoms with Crippen LogP contribution in [0.3, 0.4) is 0 Å². The molecule has 0 radical (unpaired) electrons. The Kier molecular flexibility index (Phi) is 6.08. The van der Waals surface area contributed by atoms with Crippen molar-refractivity contribution >= 4 is 23.4 Å². The van der Waals surface area contributed by atoms with Crippen LogP contribution in [0.4, 0.5) is 10.1 Å². The van der Waals surface area contributed by atoms with Gasteiger partial charge in [-0.2, -0.15) is 5.26 Å². The second kappa shape index (κ2) is 9.36. The fraction of sp³-hybridized carbons (Fsp3) is 0.214. The molecule has 3 aromatic carbocycles. The third-order valence-electron chi connectivity index (χ3n) is 6.76. The summed E-state index contributed by atoms with van der Waals surface area (Å²) < 4.78 is 13.3. The Morgan fingerprint density at radius 2 is 1.58 bits per heavy atom. The largest absolute Gasteiger partial charge is 0.336 e. The smallest absolute Gasteiger partial charge is 0.266 e. The van der Waals surface area contributed by atoms with Crippen molar-refractivity contribution in [1.82, 2.24) is 9.80 Å². The maximum absolute atomic E-state index is 13.3. The van der Waals surface area contributed by atoms with Crippen LogP contribution in [0.2, 0.25) is 0 Å². The van der Waals surface area contributed by atoms with E-state index in [1.165, 1.54) is 24.3 Å². The van der Waals surface area contributed by atoms with Gasteiger partial charge >= 0.3 is 0 Å². The number of halogens is 1. The van der Waals surface area contributed by atoms with Crippen LogP contribution in [0.15, 0.2) is 66.7 Å². The number of imide groups is 1. The molecule has 0 aliphatic carbocycles. The third-order valence-corrected chi connectivity index (χ3v) is 6.76. The van der Waals surface area contributed by atoms with Crippen LogP contribution in [0.1, 0.15) is 48.2 Å². The van der Waals surface area contributed by atoms with Crippen molar-refractivity contribution in [2.45, 2.75) is 13.0 Å². The molecule has 3 amide bonds. The molecule has 0 bridgehead atoms. The number of nitriles is 1. The van der Waals surface area contributed by atoms with Crippen LogP contribution in [-0.2, 0) is 0 Å². The van der Waals surface area contributed by atoms with Crippen molar-refractivity contribution in [3.63, 3.8) is 0 Å². The van der Waals surface area contributed by atoms with Gasteiger partial charge in [-0.15, -0.1) is 0 Å². The lowest BCUT2D eigenvalue weighted by molar-refractivity contribution is 0.0606. The molecule has 1 atom stereocenters. The third kappa shape index (κ3) is 4.04. The summed E-state index contributed by atoms with van der Waals surface area (Å²) in [5.41, 5.74) is 2.87. The Labute approximate surface area is 208 Å². The summed E-state index contributed by atoms with van der Waals surface area (Å²) in [6, 6.07) is 19.4. The van der Waals surface area contributed by atoms with Crippen LogP contribution < -0.4 is 4.90 Å². The molecule has 1 saturated heterocycles. The molecule has 7 nitrogen and oxygen atoms in total. The zero-order chi connectivity index (χ0) is 25.4. The zero-order valence-electron chi connectivity index (χ0n) is 19.6. The number of hydrogen-bond donors (Lipinski definition) is 0. The number of fused-ring (bicyclic) bond motifs is 1. The number of para-hydroxylation sites is 1. The Morgan fingerprint density at radius 3 is 2.25 bits per heavy atom. The molecule has 2 heterocycles. The van der Waals surface area contributed by atoms with E-state index in [0.29, 0.717) is 43.0 Å². The molecule has 2 aliphatic heterocycles. The first-order valence-electron chi connectivity index (χ1n) is 11.7. The highest BCUT2D eigenvalue weighted by Crippen LogP contribution is 2.31. The number of amides is 3. The van der Waals surface area contributed by atoms with Gasteiger partial charge in [0.25, 0.3) is 17.7 Å². The summed E-state index contributed by atoms with van der Waals surface area (Å²) in [6.45, 7) is 3.59. The van der Waals surface area contributed by atoms with E-state index in [1.807, 2.05) is 24.0 Å². The lowest BCUT2D eigenvalue weighted by Gasteiger charge is -2.37. The number of carbonyl (C=O) groups excluding carboxylic acids is 3. The molecule has 1 fully saturated rings. The Morgan fingerprint density at radius 1 is 0.917 bits per heavy atom. The summed E-state index contributed by atoms with van der Waals surface area (Å²) in [5, 5.41) is 9.68. The molecule has 0 unspecified atom stereocenters. The van der Waals surface area contributed by atoms with E-state index >= 15 is 0 Å². The summed E-state index contributed by atoms with van der Waals surface area (Å²) in [7, 11) is 0. The van der Waals surface area contributed by atoms with E-state index < -0.39 is 17.9 Å². The standard InChI is InChI=1S/C28H23FN4O3/c1-18-4-2-3-5-24(18)33-27(35)22-11-8-20(16-23(22)28(33)36)26(34)32-14-12-31(13-15-32)25(17-30)19-6-9-21(29)10-7-19/h2-11,16,25H,12-15H2,1H3/t25-/m0/s1. The molecule has 0 aromatic heterocycles. The number of piperazine rings is 1. The fourth-order valence-corrected chi connectivity index (χ4v) is 4.78. The van der Waals surface area contributed by atoms with Gasteiger partial charge in [0.15, 0.2) is 0 Å². The van der Waals surface area contributed by atoms with Gasteiger partial charge in [0, 0.05) is 31.7 Å². The second-order valence-electron chi connectivity index (χ2n) is 8.90. The Balaban J connectivity index is 1.30. The molecule has 180 valence electrons. The van der Waals surface area contributed by atoms with E-state index in [4.69, 9.17) is 0 Å². The van der Waals surface area contributed by atoms with Crippen molar-refractivity contribution in [2.75, 3.05) is 31.1 Å². The van der Waals surface area contributed by atoms with Crippen molar-refractivity contribution in [3.05, 3.63) is 100 Å². The van der Waals surface area contributed by atoms with E-state index in [1.54, 1.807) is 35.2 Å². The number of anilines is 1. The Bertz CT molecular complexity index is 1410. The second-order valence-corrected chi connectivity index (χ2v) is 8.90. The molecule has 36 heavy (non-hydrogen) atoms. The highest BCUT2D eigenvalue weighted by atomic mass is 19.1. The minimum absolute atomic E-state index is 0.216. The fourth-order valence-electron chi connectivity index (χ4n) is 4.78. The summed E-state index contributed by atoms with van der Waals surface area (Å²) in [6.07, 6.45) is 0. The van der Waals surface area contributed by atoms with Crippen LogP contribution in [0.5, 0.6) is 0 Å². The number of nitrogens with zero attached hydrogens (tertiary/aromatic N) is 4. The van der Waals surface area contributed by atoms with Crippen LogP contribution in [0.25, 0.3) is 0 Å². The van der Waals surface area contributed by atoms with Crippen LogP contribution in [-0.4, -0.2) is 53.7 Å². The van der Waals surface area contributed by atoms with Gasteiger partial charge in [-0.25, -0.2) is 9.29 Å². The van der Waals surface area contributed by atoms with Gasteiger partial charge in [-0.05, 0) is 54.4 Å². The zero-order valence-corrected chi connectivity index (χ0v) is 19.6. The predicted octanol–water partition coefficient (Wildman–Crippen LogP) is 3.96. The molecule has 0 N–H and O–H groups in total. The minimum Gasteiger partial charge on any atom is -0.336 e. The highest BCUT2D eigenvalue weighted by Gasteiger charge is 2.38. The Hall–Kier alpha value is -4.35. The average molecular weight is 483 g/mol. The molecule has 5 rings (SSSR count). The van der Waals surface area contributed by atoms with Gasteiger partial charge in [-0.1, -0.05) is 30.3 Å². The molecule has 2 aliphatic rings. The maximum Gasteiger partial charge on any atom is 0.266 e. The monoisotopic (exact) mass is 482 g/mol. The summed E-state index contributed by atoms with van der Waals surface area (Å²) >= 11 is 0. The average Bonchev–Trinajstić information content (AvgIpc) is 3.15. The van der Waals surface area contributed by atoms with E-state index in [2.05, 4.69) is 6.07 Å². The van der Waals surface area contributed by atoms with Gasteiger partial charge in [0.1, 0.15) is 11.9 Å². The predicted molar refractivity (Wildman–Crippen MR) is 131 cm³/mol. The first-order chi connectivity index (χ1) is 17.4. The van der Waals surface area contributed by atoms with Crippen LogP contribution in [0, 0.1) is 24.1 Å². The number of aryl methyl sites for hydroxylation is 1. The van der Waals surface area contributed by atoms with E-state index in [0.717, 1.165) is 10.5 Å². The molecule has 3 aromatic rings. The summed E-state index contributed by atoms with van der Waals surface area (Å²) in [4.78, 5) is 44.1. The number of carbonyl (C=O) groups is 3. The lowest BCUT2D eigenvalue weighted by atomic mass is 10.0. The number of hydrogen-bond acceptors (Lipinski definition) is 5. The molecular weight excluding hydrogens is 459 g/mol. The molecule has 0 spiro atoms. The molecule has 8 heteroatoms. The quantitative estimate of drug-likeness (QED) is 0.526. The summed E-state index contributed by atoms with van der Waals surface area (Å²) in [5.74, 6) is -1.44. The maximum atomic E-state index is 13.3. The van der Waals surface area contributed by atoms with Gasteiger partial charge in [0.2, 0.25) is 0 Å². The highest BCUT2D eigenvalue weighted by molar-refractivity contribution is 6.35.